The van der Waals surface area contributed by atoms with E-state index in [1.165, 1.54) is 0 Å². The van der Waals surface area contributed by atoms with Crippen LogP contribution in [0.2, 0.25) is 0 Å². The van der Waals surface area contributed by atoms with E-state index in [4.69, 9.17) is 0 Å². The maximum absolute atomic E-state index is 12.7. The Morgan fingerprint density at radius 3 is 3.05 bits per heavy atom. The molecule has 1 amide bonds. The summed E-state index contributed by atoms with van der Waals surface area (Å²) in [4.78, 5) is 14.7. The van der Waals surface area contributed by atoms with Crippen molar-refractivity contribution in [1.29, 1.82) is 0 Å². The van der Waals surface area contributed by atoms with Crippen molar-refractivity contribution in [3.8, 4) is 0 Å². The Labute approximate surface area is 123 Å². The van der Waals surface area contributed by atoms with Crippen LogP contribution >= 0.6 is 12.4 Å². The van der Waals surface area contributed by atoms with Crippen molar-refractivity contribution in [2.75, 3.05) is 19.6 Å². The number of nitrogens with zero attached hydrogens (tertiary/aromatic N) is 2. The summed E-state index contributed by atoms with van der Waals surface area (Å²) < 4.78 is 0. The summed E-state index contributed by atoms with van der Waals surface area (Å²) >= 11 is 0. The Hall–Kier alpha value is -1.59. The number of para-hydroxylation sites is 1. The molecule has 0 spiro atoms. The largest absolute Gasteiger partial charge is 0.333 e. The van der Waals surface area contributed by atoms with Gasteiger partial charge < -0.3 is 10.2 Å². The summed E-state index contributed by atoms with van der Waals surface area (Å²) in [6, 6.07) is 8.14. The molecule has 0 unspecified atom stereocenters. The van der Waals surface area contributed by atoms with Crippen LogP contribution in [-0.2, 0) is 0 Å². The Morgan fingerprint density at radius 1 is 1.30 bits per heavy atom. The Bertz CT molecular complexity index is 641. The highest BCUT2D eigenvalue weighted by molar-refractivity contribution is 6.04. The van der Waals surface area contributed by atoms with Crippen LogP contribution < -0.4 is 5.32 Å². The fraction of sp³-hybridized carbons (Fsp3) is 0.429. The number of carbonyl (C=O) groups is 1. The Morgan fingerprint density at radius 2 is 2.15 bits per heavy atom. The van der Waals surface area contributed by atoms with Gasteiger partial charge in [-0.3, -0.25) is 9.89 Å². The van der Waals surface area contributed by atoms with Crippen LogP contribution in [0.5, 0.6) is 0 Å². The molecule has 0 saturated carbocycles. The number of H-pyrrole nitrogens is 1. The first-order valence-corrected chi connectivity index (χ1v) is 6.79. The highest BCUT2D eigenvalue weighted by atomic mass is 35.5. The van der Waals surface area contributed by atoms with Crippen LogP contribution in [0.4, 0.5) is 0 Å². The van der Waals surface area contributed by atoms with Gasteiger partial charge in [0, 0.05) is 31.1 Å². The van der Waals surface area contributed by atoms with Gasteiger partial charge in [0.05, 0.1) is 5.52 Å². The van der Waals surface area contributed by atoms with Crippen molar-refractivity contribution in [3.63, 3.8) is 0 Å². The zero-order valence-corrected chi connectivity index (χ0v) is 11.8. The molecule has 6 heteroatoms. The lowest BCUT2D eigenvalue weighted by molar-refractivity contribution is 0.0733. The first-order chi connectivity index (χ1) is 9.34. The first-order valence-electron chi connectivity index (χ1n) is 6.79. The van der Waals surface area contributed by atoms with Gasteiger partial charge in [-0.1, -0.05) is 18.2 Å². The molecule has 0 aliphatic carbocycles. The molecule has 106 valence electrons. The molecule has 1 aromatic carbocycles. The molecule has 3 heterocycles. The van der Waals surface area contributed by atoms with Gasteiger partial charge in [0.2, 0.25) is 0 Å². The summed E-state index contributed by atoms with van der Waals surface area (Å²) in [5, 5.41) is 11.4. The molecule has 2 aromatic rings. The summed E-state index contributed by atoms with van der Waals surface area (Å²) in [6.07, 6.45) is 1.10. The number of amides is 1. The topological polar surface area (TPSA) is 61.0 Å². The van der Waals surface area contributed by atoms with Gasteiger partial charge in [-0.05, 0) is 18.4 Å². The smallest absolute Gasteiger partial charge is 0.275 e. The first kappa shape index (κ1) is 13.4. The summed E-state index contributed by atoms with van der Waals surface area (Å²) in [5.74, 6) is 0.683. The summed E-state index contributed by atoms with van der Waals surface area (Å²) in [5.41, 5.74) is 1.48. The van der Waals surface area contributed by atoms with Gasteiger partial charge in [0.25, 0.3) is 5.91 Å². The third kappa shape index (κ3) is 1.89. The number of fused-ring (bicyclic) bond motifs is 2. The summed E-state index contributed by atoms with van der Waals surface area (Å²) in [7, 11) is 0. The van der Waals surface area contributed by atoms with E-state index in [2.05, 4.69) is 15.5 Å². The van der Waals surface area contributed by atoms with E-state index >= 15 is 0 Å². The number of aromatic nitrogens is 2. The second kappa shape index (κ2) is 5.07. The fourth-order valence-corrected chi connectivity index (χ4v) is 3.36. The summed E-state index contributed by atoms with van der Waals surface area (Å²) in [6.45, 7) is 2.81. The van der Waals surface area contributed by atoms with Crippen molar-refractivity contribution in [2.24, 2.45) is 5.92 Å². The molecule has 0 bridgehead atoms. The molecule has 0 radical (unpaired) electrons. The fourth-order valence-electron chi connectivity index (χ4n) is 3.36. The predicted molar refractivity (Wildman–Crippen MR) is 79.1 cm³/mol. The Balaban J connectivity index is 0.00000121. The number of nitrogens with one attached hydrogen (secondary N) is 2. The van der Waals surface area contributed by atoms with Crippen LogP contribution in [0.3, 0.4) is 0 Å². The van der Waals surface area contributed by atoms with Gasteiger partial charge in [-0.15, -0.1) is 12.4 Å². The quantitative estimate of drug-likeness (QED) is 0.836. The molecule has 2 aliphatic heterocycles. The number of halogens is 1. The predicted octanol–water partition coefficient (Wildman–Crippen LogP) is 1.42. The van der Waals surface area contributed by atoms with Gasteiger partial charge in [-0.2, -0.15) is 5.10 Å². The number of aromatic amines is 1. The maximum atomic E-state index is 12.7. The van der Waals surface area contributed by atoms with Crippen molar-refractivity contribution < 1.29 is 4.79 Å². The third-order valence-electron chi connectivity index (χ3n) is 4.38. The molecule has 1 aromatic heterocycles. The Kier molecular flexibility index (Phi) is 3.40. The van der Waals surface area contributed by atoms with E-state index < -0.39 is 0 Å². The maximum Gasteiger partial charge on any atom is 0.275 e. The molecule has 2 atom stereocenters. The highest BCUT2D eigenvalue weighted by Crippen LogP contribution is 2.29. The van der Waals surface area contributed by atoms with Gasteiger partial charge in [0.15, 0.2) is 5.69 Å². The lowest BCUT2D eigenvalue weighted by Crippen LogP contribution is -2.39. The second-order valence-electron chi connectivity index (χ2n) is 5.39. The van der Waals surface area contributed by atoms with E-state index in [-0.39, 0.29) is 18.3 Å². The van der Waals surface area contributed by atoms with E-state index in [9.17, 15) is 4.79 Å². The standard InChI is InChI=1S/C14H16N4O.ClH/c19-14(18-6-5-9-7-15-8-12(9)18)13-10-3-1-2-4-11(10)16-17-13;/h1-4,9,12,15H,5-8H2,(H,16,17);1H/t9-,12+;/m0./s1. The lowest BCUT2D eigenvalue weighted by Gasteiger charge is -2.22. The normalized spacial score (nSPS) is 24.7. The van der Waals surface area contributed by atoms with E-state index in [0.717, 1.165) is 37.0 Å². The van der Waals surface area contributed by atoms with E-state index in [1.54, 1.807) is 0 Å². The molecule has 2 fully saturated rings. The second-order valence-corrected chi connectivity index (χ2v) is 5.39. The van der Waals surface area contributed by atoms with Crippen molar-refractivity contribution in [2.45, 2.75) is 12.5 Å². The molecule has 2 saturated heterocycles. The SMILES string of the molecule is Cl.O=C(c1n[nH]c2ccccc12)N1CC[C@H]2CNC[C@H]21. The number of benzene rings is 1. The van der Waals surface area contributed by atoms with Gasteiger partial charge in [0.1, 0.15) is 0 Å². The van der Waals surface area contributed by atoms with Gasteiger partial charge >= 0.3 is 0 Å². The molecular formula is C14H17ClN4O. The van der Waals surface area contributed by atoms with Gasteiger partial charge in [-0.25, -0.2) is 0 Å². The zero-order valence-electron chi connectivity index (χ0n) is 11.0. The molecule has 2 aliphatic rings. The van der Waals surface area contributed by atoms with Crippen LogP contribution in [0.15, 0.2) is 24.3 Å². The minimum Gasteiger partial charge on any atom is -0.333 e. The van der Waals surface area contributed by atoms with Crippen LogP contribution in [0.25, 0.3) is 10.9 Å². The van der Waals surface area contributed by atoms with E-state index in [0.29, 0.717) is 17.7 Å². The highest BCUT2D eigenvalue weighted by Gasteiger charge is 2.40. The number of carbonyl (C=O) groups excluding carboxylic acids is 1. The number of rotatable bonds is 1. The monoisotopic (exact) mass is 292 g/mol. The van der Waals surface area contributed by atoms with Crippen molar-refractivity contribution >= 4 is 29.2 Å². The van der Waals surface area contributed by atoms with Crippen LogP contribution in [0, 0.1) is 5.92 Å². The van der Waals surface area contributed by atoms with Crippen LogP contribution in [0.1, 0.15) is 16.9 Å². The molecule has 4 rings (SSSR count). The number of hydrogen-bond donors (Lipinski definition) is 2. The molecule has 20 heavy (non-hydrogen) atoms. The molecule has 5 nitrogen and oxygen atoms in total. The van der Waals surface area contributed by atoms with E-state index in [1.807, 2.05) is 29.2 Å². The van der Waals surface area contributed by atoms with Crippen LogP contribution in [-0.4, -0.2) is 46.7 Å². The van der Waals surface area contributed by atoms with Crippen molar-refractivity contribution in [3.05, 3.63) is 30.0 Å². The number of likely N-dealkylation sites (tertiary alicyclic amines) is 1. The average molecular weight is 293 g/mol. The minimum atomic E-state index is 0. The van der Waals surface area contributed by atoms with Crippen molar-refractivity contribution in [1.82, 2.24) is 20.4 Å². The molecule has 2 N–H and O–H groups in total. The average Bonchev–Trinajstić information content (AvgIpc) is 3.12. The minimum absolute atomic E-state index is 0. The lowest BCUT2D eigenvalue weighted by atomic mass is 10.1. The zero-order chi connectivity index (χ0) is 12.8. The third-order valence-corrected chi connectivity index (χ3v) is 4.38. The molecular weight excluding hydrogens is 276 g/mol. The number of hydrogen-bond acceptors (Lipinski definition) is 3.